The maximum absolute atomic E-state index is 13.7. The highest BCUT2D eigenvalue weighted by molar-refractivity contribution is 6.08. The van der Waals surface area contributed by atoms with Gasteiger partial charge in [0.05, 0.1) is 29.1 Å². The van der Waals surface area contributed by atoms with Crippen LogP contribution >= 0.6 is 0 Å². The van der Waals surface area contributed by atoms with E-state index in [9.17, 15) is 18.4 Å². The van der Waals surface area contributed by atoms with Crippen LogP contribution in [0.4, 0.5) is 20.2 Å². The Hall–Kier alpha value is -3.81. The lowest BCUT2D eigenvalue weighted by Crippen LogP contribution is -2.17. The Morgan fingerprint density at radius 2 is 1.59 bits per heavy atom. The topological polar surface area (TPSA) is 80.3 Å². The molecule has 6 nitrogen and oxygen atoms in total. The van der Waals surface area contributed by atoms with E-state index in [2.05, 4.69) is 15.6 Å². The van der Waals surface area contributed by atoms with E-state index in [-0.39, 0.29) is 16.8 Å². The van der Waals surface area contributed by atoms with Crippen molar-refractivity contribution in [3.63, 3.8) is 0 Å². The summed E-state index contributed by atoms with van der Waals surface area (Å²) in [6, 6.07) is 11.0. The SMILES string of the molecule is CCOc1ccccc1NC(=O)c1cncc(C(=O)Nc2ccc(F)cc2F)c1. The fourth-order valence-electron chi connectivity index (χ4n) is 2.52. The first-order valence-electron chi connectivity index (χ1n) is 8.72. The van der Waals surface area contributed by atoms with Crippen molar-refractivity contribution < 1.29 is 23.1 Å². The van der Waals surface area contributed by atoms with Crippen LogP contribution in [0.2, 0.25) is 0 Å². The maximum atomic E-state index is 13.7. The van der Waals surface area contributed by atoms with Crippen molar-refractivity contribution in [2.24, 2.45) is 0 Å². The lowest BCUT2D eigenvalue weighted by molar-refractivity contribution is 0.102. The molecule has 0 saturated carbocycles. The van der Waals surface area contributed by atoms with Gasteiger partial charge in [-0.25, -0.2) is 8.78 Å². The number of ether oxygens (including phenoxy) is 1. The average Bonchev–Trinajstić information content (AvgIpc) is 2.71. The number of hydrogen-bond donors (Lipinski definition) is 2. The molecule has 0 aliphatic carbocycles. The summed E-state index contributed by atoms with van der Waals surface area (Å²) in [6.45, 7) is 2.26. The molecular formula is C21H17F2N3O3. The number of carbonyl (C=O) groups excluding carboxylic acids is 2. The molecule has 0 atom stereocenters. The van der Waals surface area contributed by atoms with Crippen molar-refractivity contribution in [2.75, 3.05) is 17.2 Å². The van der Waals surface area contributed by atoms with Gasteiger partial charge in [0, 0.05) is 18.5 Å². The highest BCUT2D eigenvalue weighted by Gasteiger charge is 2.15. The van der Waals surface area contributed by atoms with Gasteiger partial charge in [0.2, 0.25) is 0 Å². The van der Waals surface area contributed by atoms with Crippen molar-refractivity contribution in [1.82, 2.24) is 4.98 Å². The highest BCUT2D eigenvalue weighted by Crippen LogP contribution is 2.24. The van der Waals surface area contributed by atoms with Crippen molar-refractivity contribution in [1.29, 1.82) is 0 Å². The van der Waals surface area contributed by atoms with Gasteiger partial charge in [-0.1, -0.05) is 12.1 Å². The molecule has 0 bridgehead atoms. The van der Waals surface area contributed by atoms with E-state index >= 15 is 0 Å². The highest BCUT2D eigenvalue weighted by atomic mass is 19.1. The molecule has 8 heteroatoms. The molecule has 1 heterocycles. The van der Waals surface area contributed by atoms with Gasteiger partial charge in [-0.05, 0) is 37.3 Å². The molecule has 0 aliphatic heterocycles. The number of halogens is 2. The zero-order valence-electron chi connectivity index (χ0n) is 15.4. The molecule has 29 heavy (non-hydrogen) atoms. The predicted molar refractivity (Wildman–Crippen MR) is 104 cm³/mol. The molecule has 3 aromatic rings. The maximum Gasteiger partial charge on any atom is 0.257 e. The standard InChI is InChI=1S/C21H17F2N3O3/c1-2-29-19-6-4-3-5-18(19)26-21(28)14-9-13(11-24-12-14)20(27)25-17-8-7-15(22)10-16(17)23/h3-12H,2H2,1H3,(H,25,27)(H,26,28). The summed E-state index contributed by atoms with van der Waals surface area (Å²) in [5, 5.41) is 5.03. The Morgan fingerprint density at radius 3 is 2.24 bits per heavy atom. The zero-order chi connectivity index (χ0) is 20.8. The number of carbonyl (C=O) groups is 2. The molecule has 1 aromatic heterocycles. The van der Waals surface area contributed by atoms with Gasteiger partial charge in [-0.3, -0.25) is 14.6 Å². The number of nitrogens with zero attached hydrogens (tertiary/aromatic N) is 1. The third-order valence-corrected chi connectivity index (χ3v) is 3.88. The van der Waals surface area contributed by atoms with E-state index in [0.29, 0.717) is 24.1 Å². The second-order valence-corrected chi connectivity index (χ2v) is 5.92. The van der Waals surface area contributed by atoms with Crippen LogP contribution in [0.1, 0.15) is 27.6 Å². The van der Waals surface area contributed by atoms with Gasteiger partial charge < -0.3 is 15.4 Å². The predicted octanol–water partition coefficient (Wildman–Crippen LogP) is 4.26. The van der Waals surface area contributed by atoms with Crippen LogP contribution < -0.4 is 15.4 Å². The quantitative estimate of drug-likeness (QED) is 0.651. The van der Waals surface area contributed by atoms with Crippen molar-refractivity contribution in [3.05, 3.63) is 83.7 Å². The first kappa shape index (κ1) is 19.9. The molecule has 0 fully saturated rings. The van der Waals surface area contributed by atoms with Crippen molar-refractivity contribution in [2.45, 2.75) is 6.92 Å². The Bertz CT molecular complexity index is 1060. The van der Waals surface area contributed by atoms with Gasteiger partial charge >= 0.3 is 0 Å². The Balaban J connectivity index is 1.76. The summed E-state index contributed by atoms with van der Waals surface area (Å²) in [5.41, 5.74) is 0.461. The lowest BCUT2D eigenvalue weighted by atomic mass is 10.1. The van der Waals surface area contributed by atoms with Crippen LogP contribution in [0.3, 0.4) is 0 Å². The van der Waals surface area contributed by atoms with Crippen LogP contribution in [-0.2, 0) is 0 Å². The number of benzene rings is 2. The van der Waals surface area contributed by atoms with Gasteiger partial charge in [0.1, 0.15) is 17.4 Å². The van der Waals surface area contributed by atoms with Gasteiger partial charge in [0.25, 0.3) is 11.8 Å². The largest absolute Gasteiger partial charge is 0.492 e. The molecule has 0 saturated heterocycles. The molecule has 0 spiro atoms. The molecule has 148 valence electrons. The third-order valence-electron chi connectivity index (χ3n) is 3.88. The molecule has 0 radical (unpaired) electrons. The van der Waals surface area contributed by atoms with Gasteiger partial charge in [-0.2, -0.15) is 0 Å². The Morgan fingerprint density at radius 1 is 0.931 bits per heavy atom. The number of amides is 2. The van der Waals surface area contributed by atoms with Crippen LogP contribution in [0.15, 0.2) is 60.9 Å². The van der Waals surface area contributed by atoms with Crippen LogP contribution in [0.25, 0.3) is 0 Å². The lowest BCUT2D eigenvalue weighted by Gasteiger charge is -2.11. The first-order chi connectivity index (χ1) is 14.0. The van der Waals surface area contributed by atoms with E-state index in [1.165, 1.54) is 18.5 Å². The average molecular weight is 397 g/mol. The second kappa shape index (κ2) is 8.92. The summed E-state index contributed by atoms with van der Waals surface area (Å²) < 4.78 is 32.2. The molecule has 2 aromatic carbocycles. The van der Waals surface area contributed by atoms with Crippen LogP contribution in [-0.4, -0.2) is 23.4 Å². The van der Waals surface area contributed by atoms with Gasteiger partial charge in [0.15, 0.2) is 0 Å². The summed E-state index contributed by atoms with van der Waals surface area (Å²) in [6.07, 6.45) is 2.54. The van der Waals surface area contributed by atoms with Gasteiger partial charge in [-0.15, -0.1) is 0 Å². The van der Waals surface area contributed by atoms with E-state index in [0.717, 1.165) is 12.1 Å². The number of aromatic nitrogens is 1. The van der Waals surface area contributed by atoms with Crippen LogP contribution in [0.5, 0.6) is 5.75 Å². The summed E-state index contributed by atoms with van der Waals surface area (Å²) in [4.78, 5) is 28.8. The van der Waals surface area contributed by atoms with E-state index in [4.69, 9.17) is 4.74 Å². The van der Waals surface area contributed by atoms with Crippen molar-refractivity contribution >= 4 is 23.2 Å². The smallest absolute Gasteiger partial charge is 0.257 e. The third kappa shape index (κ3) is 4.92. The second-order valence-electron chi connectivity index (χ2n) is 5.92. The van der Waals surface area contributed by atoms with E-state index in [1.807, 2.05) is 6.92 Å². The first-order valence-corrected chi connectivity index (χ1v) is 8.72. The Labute approximate surface area is 165 Å². The number of hydrogen-bond acceptors (Lipinski definition) is 4. The molecule has 3 rings (SSSR count). The number of para-hydroxylation sites is 2. The number of rotatable bonds is 6. The molecule has 0 aliphatic rings. The fourth-order valence-corrected chi connectivity index (χ4v) is 2.52. The number of anilines is 2. The number of pyridine rings is 1. The summed E-state index contributed by atoms with van der Waals surface area (Å²) in [5.74, 6) is -2.34. The van der Waals surface area contributed by atoms with Crippen molar-refractivity contribution in [3.8, 4) is 5.75 Å². The molecule has 2 amide bonds. The molecular weight excluding hydrogens is 380 g/mol. The summed E-state index contributed by atoms with van der Waals surface area (Å²) >= 11 is 0. The monoisotopic (exact) mass is 397 g/mol. The van der Waals surface area contributed by atoms with E-state index < -0.39 is 23.4 Å². The van der Waals surface area contributed by atoms with Crippen LogP contribution in [0, 0.1) is 11.6 Å². The summed E-state index contributed by atoms with van der Waals surface area (Å²) in [7, 11) is 0. The number of nitrogens with one attached hydrogen (secondary N) is 2. The molecule has 2 N–H and O–H groups in total. The van der Waals surface area contributed by atoms with E-state index in [1.54, 1.807) is 24.3 Å². The minimum Gasteiger partial charge on any atom is -0.492 e. The minimum atomic E-state index is -0.910. The fraction of sp³-hybridized carbons (Fsp3) is 0.0952. The molecule has 0 unspecified atom stereocenters. The normalized spacial score (nSPS) is 10.3. The minimum absolute atomic E-state index is 0.0412. The Kier molecular flexibility index (Phi) is 6.13. The zero-order valence-corrected chi connectivity index (χ0v) is 15.4.